The fourth-order valence-corrected chi connectivity index (χ4v) is 2.96. The molecule has 0 bridgehead atoms. The van der Waals surface area contributed by atoms with Gasteiger partial charge in [0.2, 0.25) is 5.95 Å². The number of carbonyl (C=O) groups excluding carboxylic acids is 1. The smallest absolute Gasteiger partial charge is 0.321 e. The molecule has 8 heteroatoms. The Morgan fingerprint density at radius 3 is 2.81 bits per heavy atom. The molecule has 1 fully saturated rings. The Balaban J connectivity index is 1.49. The summed E-state index contributed by atoms with van der Waals surface area (Å²) in [4.78, 5) is 27.4. The quantitative estimate of drug-likeness (QED) is 0.751. The Hall–Kier alpha value is -3.16. The van der Waals surface area contributed by atoms with Crippen molar-refractivity contribution in [1.82, 2.24) is 20.3 Å². The third-order valence-electron chi connectivity index (χ3n) is 4.28. The third-order valence-corrected chi connectivity index (χ3v) is 4.28. The van der Waals surface area contributed by atoms with E-state index in [1.54, 1.807) is 6.07 Å². The number of ether oxygens (including phenoxy) is 1. The first kappa shape index (κ1) is 16.3. The molecule has 3 aromatic rings. The van der Waals surface area contributed by atoms with Crippen molar-refractivity contribution in [3.63, 3.8) is 0 Å². The number of amides is 1. The summed E-state index contributed by atoms with van der Waals surface area (Å²) in [7, 11) is 1.51. The minimum Gasteiger partial charge on any atom is -0.467 e. The maximum absolute atomic E-state index is 12.4. The number of nitrogens with zero attached hydrogens (tertiary/aromatic N) is 4. The number of anilines is 1. The maximum atomic E-state index is 12.4. The van der Waals surface area contributed by atoms with E-state index in [1.807, 2.05) is 24.3 Å². The molecule has 0 saturated carbocycles. The lowest BCUT2D eigenvalue weighted by molar-refractivity contribution is 0.0924. The van der Waals surface area contributed by atoms with Gasteiger partial charge in [-0.05, 0) is 25.0 Å². The normalized spacial score (nSPS) is 14.0. The van der Waals surface area contributed by atoms with E-state index in [1.165, 1.54) is 7.11 Å². The minimum atomic E-state index is -0.316. The van der Waals surface area contributed by atoms with Crippen LogP contribution in [0.2, 0.25) is 0 Å². The van der Waals surface area contributed by atoms with Gasteiger partial charge in [0.1, 0.15) is 5.58 Å². The van der Waals surface area contributed by atoms with Crippen LogP contribution in [0.3, 0.4) is 0 Å². The highest BCUT2D eigenvalue weighted by Crippen LogP contribution is 2.19. The van der Waals surface area contributed by atoms with Crippen molar-refractivity contribution in [3.8, 4) is 6.01 Å². The summed E-state index contributed by atoms with van der Waals surface area (Å²) in [5.41, 5.74) is 0.677. The summed E-state index contributed by atoms with van der Waals surface area (Å²) in [6.45, 7) is 1.99. The van der Waals surface area contributed by atoms with Crippen LogP contribution in [0.4, 0.5) is 5.95 Å². The van der Waals surface area contributed by atoms with Gasteiger partial charge >= 0.3 is 6.01 Å². The van der Waals surface area contributed by atoms with Crippen LogP contribution in [0.1, 0.15) is 29.2 Å². The number of hydrogen-bond donors (Lipinski definition) is 1. The van der Waals surface area contributed by atoms with Crippen molar-refractivity contribution in [3.05, 3.63) is 41.9 Å². The lowest BCUT2D eigenvalue weighted by Crippen LogP contribution is -2.26. The van der Waals surface area contributed by atoms with Crippen LogP contribution in [0.25, 0.3) is 11.0 Å². The molecule has 0 unspecified atom stereocenters. The fraction of sp³-hybridized carbons (Fsp3) is 0.333. The van der Waals surface area contributed by atoms with Gasteiger partial charge in [-0.2, -0.15) is 15.0 Å². The number of hydrogen-bond acceptors (Lipinski definition) is 7. The molecular weight excluding hydrogens is 334 g/mol. The third kappa shape index (κ3) is 3.30. The molecule has 0 atom stereocenters. The van der Waals surface area contributed by atoms with Gasteiger partial charge in [0, 0.05) is 18.5 Å². The van der Waals surface area contributed by atoms with E-state index in [0.29, 0.717) is 17.4 Å². The van der Waals surface area contributed by atoms with Crippen LogP contribution in [0.5, 0.6) is 6.01 Å². The molecule has 0 aliphatic carbocycles. The van der Waals surface area contributed by atoms with Gasteiger partial charge in [-0.1, -0.05) is 18.2 Å². The van der Waals surface area contributed by atoms with Gasteiger partial charge in [0.25, 0.3) is 5.91 Å². The number of para-hydroxylation sites is 1. The second-order valence-electron chi connectivity index (χ2n) is 6.06. The van der Waals surface area contributed by atoms with Crippen molar-refractivity contribution in [1.29, 1.82) is 0 Å². The summed E-state index contributed by atoms with van der Waals surface area (Å²) in [6, 6.07) is 9.45. The van der Waals surface area contributed by atoms with Crippen molar-refractivity contribution < 1.29 is 13.9 Å². The number of nitrogens with one attached hydrogen (secondary N) is 1. The van der Waals surface area contributed by atoms with Gasteiger partial charge in [-0.15, -0.1) is 0 Å². The van der Waals surface area contributed by atoms with Crippen LogP contribution >= 0.6 is 0 Å². The molecule has 1 aliphatic rings. The molecule has 1 aromatic carbocycles. The van der Waals surface area contributed by atoms with Gasteiger partial charge in [0.15, 0.2) is 11.6 Å². The number of furan rings is 1. The van der Waals surface area contributed by atoms with E-state index in [0.717, 1.165) is 31.3 Å². The number of fused-ring (bicyclic) bond motifs is 1. The molecule has 1 N–H and O–H groups in total. The van der Waals surface area contributed by atoms with Crippen molar-refractivity contribution in [2.75, 3.05) is 25.1 Å². The predicted octanol–water partition coefficient (Wildman–Crippen LogP) is 2.16. The summed E-state index contributed by atoms with van der Waals surface area (Å²) in [5, 5.41) is 3.67. The highest BCUT2D eigenvalue weighted by Gasteiger charge is 2.18. The Labute approximate surface area is 150 Å². The second kappa shape index (κ2) is 6.99. The molecule has 134 valence electrons. The molecule has 26 heavy (non-hydrogen) atoms. The first-order chi connectivity index (χ1) is 12.7. The van der Waals surface area contributed by atoms with Crippen molar-refractivity contribution in [2.24, 2.45) is 0 Å². The standard InChI is InChI=1S/C18H19N5O3/c1-25-18-21-15(20-17(22-18)23-8-4-5-9-23)11-19-16(24)14-10-12-6-2-3-7-13(12)26-14/h2-3,6-7,10H,4-5,8-9,11H2,1H3,(H,19,24). The van der Waals surface area contributed by atoms with Crippen molar-refractivity contribution >= 4 is 22.8 Å². The predicted molar refractivity (Wildman–Crippen MR) is 95.2 cm³/mol. The Morgan fingerprint density at radius 2 is 2.04 bits per heavy atom. The zero-order chi connectivity index (χ0) is 17.9. The van der Waals surface area contributed by atoms with Crippen LogP contribution in [0.15, 0.2) is 34.7 Å². The van der Waals surface area contributed by atoms with Gasteiger partial charge < -0.3 is 19.4 Å². The van der Waals surface area contributed by atoms with E-state index in [9.17, 15) is 4.79 Å². The second-order valence-corrected chi connectivity index (χ2v) is 6.06. The molecule has 0 radical (unpaired) electrons. The minimum absolute atomic E-state index is 0.162. The Morgan fingerprint density at radius 1 is 1.23 bits per heavy atom. The number of methoxy groups -OCH3 is 1. The lowest BCUT2D eigenvalue weighted by atomic mass is 10.2. The number of rotatable bonds is 5. The van der Waals surface area contributed by atoms with E-state index in [2.05, 4.69) is 25.2 Å². The molecule has 8 nitrogen and oxygen atoms in total. The van der Waals surface area contributed by atoms with Crippen LogP contribution < -0.4 is 15.0 Å². The highest BCUT2D eigenvalue weighted by atomic mass is 16.5. The lowest BCUT2D eigenvalue weighted by Gasteiger charge is -2.16. The molecule has 0 spiro atoms. The largest absolute Gasteiger partial charge is 0.467 e. The summed E-state index contributed by atoms with van der Waals surface area (Å²) in [6.07, 6.45) is 2.23. The van der Waals surface area contributed by atoms with E-state index in [4.69, 9.17) is 9.15 Å². The van der Waals surface area contributed by atoms with Crippen LogP contribution in [0, 0.1) is 0 Å². The molecule has 1 aliphatic heterocycles. The zero-order valence-corrected chi connectivity index (χ0v) is 14.4. The monoisotopic (exact) mass is 353 g/mol. The van der Waals surface area contributed by atoms with E-state index in [-0.39, 0.29) is 24.2 Å². The number of aromatic nitrogens is 3. The first-order valence-corrected chi connectivity index (χ1v) is 8.53. The number of carbonyl (C=O) groups is 1. The SMILES string of the molecule is COc1nc(CNC(=O)c2cc3ccccc3o2)nc(N2CCCC2)n1. The molecule has 1 saturated heterocycles. The van der Waals surface area contributed by atoms with Gasteiger partial charge in [-0.3, -0.25) is 4.79 Å². The summed E-state index contributed by atoms with van der Waals surface area (Å²) < 4.78 is 10.7. The molecule has 3 heterocycles. The Kier molecular flexibility index (Phi) is 4.39. The van der Waals surface area contributed by atoms with E-state index >= 15 is 0 Å². The molecule has 4 rings (SSSR count). The van der Waals surface area contributed by atoms with E-state index < -0.39 is 0 Å². The topological polar surface area (TPSA) is 93.4 Å². The average molecular weight is 353 g/mol. The molecular formula is C18H19N5O3. The summed E-state index contributed by atoms with van der Waals surface area (Å²) >= 11 is 0. The number of benzene rings is 1. The molecule has 2 aromatic heterocycles. The summed E-state index contributed by atoms with van der Waals surface area (Å²) in [5.74, 6) is 0.973. The highest BCUT2D eigenvalue weighted by molar-refractivity contribution is 5.95. The Bertz CT molecular complexity index is 900. The van der Waals surface area contributed by atoms with Crippen LogP contribution in [-0.2, 0) is 6.54 Å². The van der Waals surface area contributed by atoms with Gasteiger partial charge in [0.05, 0.1) is 13.7 Å². The molecule has 1 amide bonds. The zero-order valence-electron chi connectivity index (χ0n) is 14.4. The van der Waals surface area contributed by atoms with Crippen LogP contribution in [-0.4, -0.2) is 41.1 Å². The van der Waals surface area contributed by atoms with Gasteiger partial charge in [-0.25, -0.2) is 0 Å². The maximum Gasteiger partial charge on any atom is 0.321 e. The first-order valence-electron chi connectivity index (χ1n) is 8.53. The average Bonchev–Trinajstić information content (AvgIpc) is 3.35. The van der Waals surface area contributed by atoms with Crippen molar-refractivity contribution in [2.45, 2.75) is 19.4 Å². The fourth-order valence-electron chi connectivity index (χ4n) is 2.96.